The summed E-state index contributed by atoms with van der Waals surface area (Å²) in [5.74, 6) is 0.642. The molecular weight excluding hydrogens is 138 g/mol. The van der Waals surface area contributed by atoms with E-state index in [1.807, 2.05) is 0 Å². The van der Waals surface area contributed by atoms with Crippen LogP contribution in [-0.4, -0.2) is 17.3 Å². The number of aliphatic hydroxyl groups is 1. The normalized spacial score (nSPS) is 16.9. The van der Waals surface area contributed by atoms with Crippen molar-refractivity contribution in [2.24, 2.45) is 11.7 Å². The minimum absolute atomic E-state index is 0.0864. The highest BCUT2D eigenvalue weighted by Crippen LogP contribution is 2.18. The molecule has 0 radical (unpaired) electrons. The Kier molecular flexibility index (Phi) is 4.69. The van der Waals surface area contributed by atoms with Crippen LogP contribution in [0.4, 0.5) is 0 Å². The fourth-order valence-corrected chi connectivity index (χ4v) is 1.52. The van der Waals surface area contributed by atoms with Crippen LogP contribution < -0.4 is 5.73 Å². The lowest BCUT2D eigenvalue weighted by atomic mass is 9.88. The molecular formula is C9H21NO. The molecule has 0 heterocycles. The Bertz CT molecular complexity index is 99.7. The third kappa shape index (κ3) is 6.32. The van der Waals surface area contributed by atoms with Crippen molar-refractivity contribution in [3.63, 3.8) is 0 Å². The molecule has 11 heavy (non-hydrogen) atoms. The summed E-state index contributed by atoms with van der Waals surface area (Å²) >= 11 is 0. The predicted octanol–water partition coefficient (Wildman–Crippen LogP) is 1.52. The Balaban J connectivity index is 3.61. The number of aliphatic hydroxyl groups excluding tert-OH is 1. The van der Waals surface area contributed by atoms with Gasteiger partial charge < -0.3 is 10.8 Å². The highest BCUT2D eigenvalue weighted by molar-refractivity contribution is 4.79. The molecule has 3 N–H and O–H groups in total. The predicted molar refractivity (Wildman–Crippen MR) is 48.4 cm³/mol. The topological polar surface area (TPSA) is 46.2 Å². The Hall–Kier alpha value is -0.0800. The summed E-state index contributed by atoms with van der Waals surface area (Å²) in [6.45, 7) is 6.65. The Morgan fingerprint density at radius 3 is 2.36 bits per heavy atom. The van der Waals surface area contributed by atoms with Crippen molar-refractivity contribution in [3.05, 3.63) is 0 Å². The number of hydrogen-bond acceptors (Lipinski definition) is 2. The minimum Gasteiger partial charge on any atom is -0.396 e. The first-order valence-corrected chi connectivity index (χ1v) is 4.37. The summed E-state index contributed by atoms with van der Waals surface area (Å²) in [5, 5.41) is 8.61. The molecule has 0 rings (SSSR count). The van der Waals surface area contributed by atoms with E-state index in [0.717, 1.165) is 19.3 Å². The van der Waals surface area contributed by atoms with Gasteiger partial charge in [-0.2, -0.15) is 0 Å². The van der Waals surface area contributed by atoms with E-state index in [0.29, 0.717) is 5.92 Å². The van der Waals surface area contributed by atoms with Crippen molar-refractivity contribution in [1.82, 2.24) is 0 Å². The van der Waals surface area contributed by atoms with Gasteiger partial charge in [-0.25, -0.2) is 0 Å². The third-order valence-corrected chi connectivity index (χ3v) is 1.78. The van der Waals surface area contributed by atoms with E-state index in [1.54, 1.807) is 0 Å². The zero-order chi connectivity index (χ0) is 8.91. The molecule has 0 aromatic carbocycles. The molecule has 0 aromatic heterocycles. The molecule has 0 fully saturated rings. The molecule has 2 heteroatoms. The van der Waals surface area contributed by atoms with Crippen LogP contribution in [-0.2, 0) is 0 Å². The highest BCUT2D eigenvalue weighted by Gasteiger charge is 2.18. The van der Waals surface area contributed by atoms with Crippen LogP contribution in [0.5, 0.6) is 0 Å². The van der Waals surface area contributed by atoms with Gasteiger partial charge in [0.25, 0.3) is 0 Å². The van der Waals surface area contributed by atoms with Crippen LogP contribution in [0.2, 0.25) is 0 Å². The first kappa shape index (κ1) is 10.9. The van der Waals surface area contributed by atoms with E-state index in [1.165, 1.54) is 0 Å². The smallest absolute Gasteiger partial charge is 0.0431 e. The van der Waals surface area contributed by atoms with E-state index in [2.05, 4.69) is 20.8 Å². The first-order valence-electron chi connectivity index (χ1n) is 4.37. The monoisotopic (exact) mass is 159 g/mol. The number of hydrogen-bond donors (Lipinski definition) is 2. The molecule has 68 valence electrons. The Morgan fingerprint density at radius 1 is 1.45 bits per heavy atom. The summed E-state index contributed by atoms with van der Waals surface area (Å²) in [6.07, 6.45) is 2.77. The van der Waals surface area contributed by atoms with Crippen molar-refractivity contribution in [3.8, 4) is 0 Å². The van der Waals surface area contributed by atoms with E-state index >= 15 is 0 Å². The minimum atomic E-state index is -0.0864. The van der Waals surface area contributed by atoms with Gasteiger partial charge in [0.1, 0.15) is 0 Å². The van der Waals surface area contributed by atoms with Crippen LogP contribution >= 0.6 is 0 Å². The molecule has 0 aromatic rings. The van der Waals surface area contributed by atoms with Gasteiger partial charge in [0, 0.05) is 12.1 Å². The highest BCUT2D eigenvalue weighted by atomic mass is 16.2. The van der Waals surface area contributed by atoms with Gasteiger partial charge in [-0.1, -0.05) is 13.8 Å². The van der Waals surface area contributed by atoms with E-state index < -0.39 is 0 Å². The zero-order valence-electron chi connectivity index (χ0n) is 7.93. The van der Waals surface area contributed by atoms with Gasteiger partial charge in [0.15, 0.2) is 0 Å². The van der Waals surface area contributed by atoms with Crippen molar-refractivity contribution in [2.45, 2.75) is 45.6 Å². The summed E-state index contributed by atoms with van der Waals surface area (Å²) in [5.41, 5.74) is 5.91. The number of nitrogens with two attached hydrogens (primary N) is 1. The molecule has 0 spiro atoms. The lowest BCUT2D eigenvalue weighted by Crippen LogP contribution is -2.37. The molecule has 0 aliphatic carbocycles. The SMILES string of the molecule is CC(C)CC(C)(N)CCCO. The lowest BCUT2D eigenvalue weighted by Gasteiger charge is -2.26. The molecule has 2 nitrogen and oxygen atoms in total. The zero-order valence-corrected chi connectivity index (χ0v) is 7.93. The summed E-state index contributed by atoms with van der Waals surface area (Å²) in [4.78, 5) is 0. The first-order chi connectivity index (χ1) is 4.98. The van der Waals surface area contributed by atoms with E-state index in [4.69, 9.17) is 10.8 Å². The molecule has 0 amide bonds. The van der Waals surface area contributed by atoms with Crippen molar-refractivity contribution in [1.29, 1.82) is 0 Å². The average molecular weight is 159 g/mol. The van der Waals surface area contributed by atoms with Gasteiger partial charge in [0.2, 0.25) is 0 Å². The van der Waals surface area contributed by atoms with Crippen LogP contribution in [0.15, 0.2) is 0 Å². The maximum atomic E-state index is 8.61. The fourth-order valence-electron chi connectivity index (χ4n) is 1.52. The quantitative estimate of drug-likeness (QED) is 0.639. The summed E-state index contributed by atoms with van der Waals surface area (Å²) < 4.78 is 0. The maximum absolute atomic E-state index is 8.61. The molecule has 0 saturated carbocycles. The van der Waals surface area contributed by atoms with Crippen LogP contribution in [0, 0.1) is 5.92 Å². The van der Waals surface area contributed by atoms with Crippen LogP contribution in [0.1, 0.15) is 40.0 Å². The Morgan fingerprint density at radius 2 is 2.00 bits per heavy atom. The molecule has 0 aliphatic rings. The van der Waals surface area contributed by atoms with Gasteiger partial charge in [-0.15, -0.1) is 0 Å². The molecule has 0 bridgehead atoms. The molecule has 1 unspecified atom stereocenters. The maximum Gasteiger partial charge on any atom is 0.0431 e. The standard InChI is InChI=1S/C9H21NO/c1-8(2)7-9(3,10)5-4-6-11/h8,11H,4-7,10H2,1-3H3. The number of rotatable bonds is 5. The summed E-state index contributed by atoms with van der Waals surface area (Å²) in [6, 6.07) is 0. The third-order valence-electron chi connectivity index (χ3n) is 1.78. The van der Waals surface area contributed by atoms with Crippen molar-refractivity contribution >= 4 is 0 Å². The largest absolute Gasteiger partial charge is 0.396 e. The van der Waals surface area contributed by atoms with Crippen LogP contribution in [0.25, 0.3) is 0 Å². The van der Waals surface area contributed by atoms with Gasteiger partial charge in [-0.3, -0.25) is 0 Å². The van der Waals surface area contributed by atoms with Gasteiger partial charge in [-0.05, 0) is 32.1 Å². The second-order valence-corrected chi connectivity index (χ2v) is 4.08. The van der Waals surface area contributed by atoms with Crippen LogP contribution in [0.3, 0.4) is 0 Å². The van der Waals surface area contributed by atoms with E-state index in [-0.39, 0.29) is 12.1 Å². The van der Waals surface area contributed by atoms with Gasteiger partial charge in [0.05, 0.1) is 0 Å². The average Bonchev–Trinajstić information content (AvgIpc) is 1.81. The second kappa shape index (κ2) is 4.73. The van der Waals surface area contributed by atoms with Crippen molar-refractivity contribution in [2.75, 3.05) is 6.61 Å². The molecule has 1 atom stereocenters. The summed E-state index contributed by atoms with van der Waals surface area (Å²) in [7, 11) is 0. The van der Waals surface area contributed by atoms with Crippen molar-refractivity contribution < 1.29 is 5.11 Å². The second-order valence-electron chi connectivity index (χ2n) is 4.08. The molecule has 0 aliphatic heterocycles. The molecule has 0 saturated heterocycles. The Labute approximate surface area is 69.8 Å². The fraction of sp³-hybridized carbons (Fsp3) is 1.00. The lowest BCUT2D eigenvalue weighted by molar-refractivity contribution is 0.253. The van der Waals surface area contributed by atoms with Gasteiger partial charge >= 0.3 is 0 Å². The van der Waals surface area contributed by atoms with E-state index in [9.17, 15) is 0 Å².